The molecule has 0 bridgehead atoms. The molecule has 0 spiro atoms. The highest BCUT2D eigenvalue weighted by Gasteiger charge is 2.14. The van der Waals surface area contributed by atoms with E-state index in [1.807, 2.05) is 43.3 Å². The first-order chi connectivity index (χ1) is 16.4. The van der Waals surface area contributed by atoms with Crippen LogP contribution in [0.2, 0.25) is 0 Å². The zero-order valence-electron chi connectivity index (χ0n) is 20.1. The predicted molar refractivity (Wildman–Crippen MR) is 133 cm³/mol. The van der Waals surface area contributed by atoms with E-state index in [0.29, 0.717) is 23.7 Å². The summed E-state index contributed by atoms with van der Waals surface area (Å²) in [4.78, 5) is 11.0. The number of carbonyl (C=O) groups is 1. The third-order valence-electron chi connectivity index (χ3n) is 6.00. The van der Waals surface area contributed by atoms with Gasteiger partial charge in [0.15, 0.2) is 0 Å². The molecule has 0 aliphatic heterocycles. The number of carboxylic acids is 1. The van der Waals surface area contributed by atoms with Crippen LogP contribution in [-0.4, -0.2) is 18.2 Å². The predicted octanol–water partition coefficient (Wildman–Crippen LogP) is 7.39. The fourth-order valence-corrected chi connectivity index (χ4v) is 4.07. The Morgan fingerprint density at radius 2 is 1.82 bits per heavy atom. The zero-order chi connectivity index (χ0) is 24.5. The van der Waals surface area contributed by atoms with Crippen molar-refractivity contribution in [3.63, 3.8) is 0 Å². The van der Waals surface area contributed by atoms with Crippen LogP contribution in [0.3, 0.4) is 0 Å². The van der Waals surface area contributed by atoms with Crippen molar-refractivity contribution in [3.8, 4) is 22.6 Å². The van der Waals surface area contributed by atoms with Crippen molar-refractivity contribution in [1.82, 2.24) is 0 Å². The number of halogens is 1. The van der Waals surface area contributed by atoms with E-state index in [2.05, 4.69) is 13.0 Å². The second kappa shape index (κ2) is 12.2. The largest absolute Gasteiger partial charge is 0.497 e. The van der Waals surface area contributed by atoms with E-state index < -0.39 is 5.97 Å². The van der Waals surface area contributed by atoms with Gasteiger partial charge in [0.1, 0.15) is 23.9 Å². The average molecular weight is 465 g/mol. The van der Waals surface area contributed by atoms with Gasteiger partial charge in [-0.1, -0.05) is 57.0 Å². The molecule has 3 aromatic carbocycles. The monoisotopic (exact) mass is 464 g/mol. The summed E-state index contributed by atoms with van der Waals surface area (Å²) in [6, 6.07) is 18.4. The second-order valence-corrected chi connectivity index (χ2v) is 8.65. The molecule has 0 aliphatic carbocycles. The Morgan fingerprint density at radius 1 is 1.00 bits per heavy atom. The van der Waals surface area contributed by atoms with Gasteiger partial charge < -0.3 is 14.6 Å². The molecule has 1 unspecified atom stereocenters. The summed E-state index contributed by atoms with van der Waals surface area (Å²) in [6.45, 7) is 4.43. The average Bonchev–Trinajstić information content (AvgIpc) is 2.83. The number of methoxy groups -OCH3 is 1. The maximum Gasteiger partial charge on any atom is 0.303 e. The molecule has 0 aliphatic rings. The first-order valence-corrected chi connectivity index (χ1v) is 11.8. The number of unbranched alkanes of at least 4 members (excludes halogenated alkanes) is 2. The third kappa shape index (κ3) is 6.83. The van der Waals surface area contributed by atoms with Gasteiger partial charge in [0.05, 0.1) is 13.5 Å². The van der Waals surface area contributed by atoms with Gasteiger partial charge in [-0.25, -0.2) is 4.39 Å². The summed E-state index contributed by atoms with van der Waals surface area (Å²) in [7, 11) is 1.58. The Bertz CT molecular complexity index is 1110. The Balaban J connectivity index is 1.82. The summed E-state index contributed by atoms with van der Waals surface area (Å²) in [5.41, 5.74) is 4.44. The Hall–Kier alpha value is -3.34. The lowest BCUT2D eigenvalue weighted by Crippen LogP contribution is -2.03. The molecule has 0 saturated carbocycles. The molecule has 4 nitrogen and oxygen atoms in total. The second-order valence-electron chi connectivity index (χ2n) is 8.65. The van der Waals surface area contributed by atoms with E-state index >= 15 is 0 Å². The number of rotatable bonds is 12. The molecular weight excluding hydrogens is 431 g/mol. The molecule has 34 heavy (non-hydrogen) atoms. The fourth-order valence-electron chi connectivity index (χ4n) is 4.07. The van der Waals surface area contributed by atoms with Crippen molar-refractivity contribution in [1.29, 1.82) is 0 Å². The molecular formula is C29H33FO4. The number of aliphatic carboxylic acids is 1. The van der Waals surface area contributed by atoms with E-state index in [1.54, 1.807) is 19.2 Å². The highest BCUT2D eigenvalue weighted by molar-refractivity contribution is 5.70. The molecule has 0 aromatic heterocycles. The maximum atomic E-state index is 14.7. The van der Waals surface area contributed by atoms with Gasteiger partial charge in [-0.2, -0.15) is 0 Å². The Kier molecular flexibility index (Phi) is 9.08. The summed E-state index contributed by atoms with van der Waals surface area (Å²) >= 11 is 0. The van der Waals surface area contributed by atoms with Crippen LogP contribution in [0, 0.1) is 5.82 Å². The molecule has 3 rings (SSSR count). The van der Waals surface area contributed by atoms with Crippen molar-refractivity contribution < 1.29 is 23.8 Å². The number of aryl methyl sites for hydroxylation is 1. The van der Waals surface area contributed by atoms with Gasteiger partial charge in [0.2, 0.25) is 0 Å². The van der Waals surface area contributed by atoms with Gasteiger partial charge in [0, 0.05) is 5.56 Å². The summed E-state index contributed by atoms with van der Waals surface area (Å²) in [6.07, 6.45) is 4.19. The molecule has 0 saturated heterocycles. The first-order valence-electron chi connectivity index (χ1n) is 11.8. The highest BCUT2D eigenvalue weighted by atomic mass is 19.1. The van der Waals surface area contributed by atoms with E-state index in [4.69, 9.17) is 14.6 Å². The number of ether oxygens (including phenoxy) is 2. The lowest BCUT2D eigenvalue weighted by atomic mass is 9.93. The highest BCUT2D eigenvalue weighted by Crippen LogP contribution is 2.32. The van der Waals surface area contributed by atoms with Crippen LogP contribution in [-0.2, 0) is 17.8 Å². The maximum absolute atomic E-state index is 14.7. The number of hydrogen-bond donors (Lipinski definition) is 1. The number of benzene rings is 3. The van der Waals surface area contributed by atoms with Crippen molar-refractivity contribution in [3.05, 3.63) is 83.2 Å². The molecule has 3 aromatic rings. The molecule has 0 radical (unpaired) electrons. The van der Waals surface area contributed by atoms with Gasteiger partial charge in [-0.3, -0.25) is 4.79 Å². The zero-order valence-corrected chi connectivity index (χ0v) is 20.1. The van der Waals surface area contributed by atoms with E-state index in [0.717, 1.165) is 47.9 Å². The SMILES string of the molecule is CCCCCc1cc(COc2cccc(C(C)CC(=O)O)c2)ccc1-c1cc(OC)ccc1F. The van der Waals surface area contributed by atoms with Gasteiger partial charge in [0.25, 0.3) is 0 Å². The van der Waals surface area contributed by atoms with Crippen molar-refractivity contribution in [2.45, 2.75) is 58.5 Å². The Morgan fingerprint density at radius 3 is 2.56 bits per heavy atom. The summed E-state index contributed by atoms with van der Waals surface area (Å²) < 4.78 is 26.0. The van der Waals surface area contributed by atoms with Crippen LogP contribution in [0.4, 0.5) is 4.39 Å². The minimum atomic E-state index is -0.818. The van der Waals surface area contributed by atoms with Crippen molar-refractivity contribution in [2.75, 3.05) is 7.11 Å². The van der Waals surface area contributed by atoms with Crippen LogP contribution in [0.25, 0.3) is 11.1 Å². The molecule has 0 amide bonds. The van der Waals surface area contributed by atoms with E-state index in [-0.39, 0.29) is 18.2 Å². The number of hydrogen-bond acceptors (Lipinski definition) is 3. The minimum Gasteiger partial charge on any atom is -0.497 e. The van der Waals surface area contributed by atoms with Gasteiger partial charge in [-0.15, -0.1) is 0 Å². The Labute approximate surface area is 201 Å². The molecule has 1 N–H and O–H groups in total. The number of carboxylic acid groups (broad SMARTS) is 1. The summed E-state index contributed by atoms with van der Waals surface area (Å²) in [5.74, 6) is 0.143. The van der Waals surface area contributed by atoms with Gasteiger partial charge >= 0.3 is 5.97 Å². The normalized spacial score (nSPS) is 11.8. The lowest BCUT2D eigenvalue weighted by molar-refractivity contribution is -0.137. The molecule has 180 valence electrons. The fraction of sp³-hybridized carbons (Fsp3) is 0.345. The van der Waals surface area contributed by atoms with Crippen LogP contribution < -0.4 is 9.47 Å². The van der Waals surface area contributed by atoms with Crippen molar-refractivity contribution >= 4 is 5.97 Å². The quantitative estimate of drug-likeness (QED) is 0.284. The summed E-state index contributed by atoms with van der Waals surface area (Å²) in [5, 5.41) is 9.06. The first kappa shape index (κ1) is 25.3. The van der Waals surface area contributed by atoms with Crippen molar-refractivity contribution in [2.24, 2.45) is 0 Å². The van der Waals surface area contributed by atoms with Crippen LogP contribution in [0.5, 0.6) is 11.5 Å². The molecule has 0 heterocycles. The molecule has 0 fully saturated rings. The van der Waals surface area contributed by atoms with Crippen LogP contribution >= 0.6 is 0 Å². The van der Waals surface area contributed by atoms with Gasteiger partial charge in [-0.05, 0) is 71.3 Å². The smallest absolute Gasteiger partial charge is 0.303 e. The van der Waals surface area contributed by atoms with E-state index in [1.165, 1.54) is 6.07 Å². The topological polar surface area (TPSA) is 55.8 Å². The van der Waals surface area contributed by atoms with Crippen LogP contribution in [0.15, 0.2) is 60.7 Å². The van der Waals surface area contributed by atoms with Crippen LogP contribution in [0.1, 0.15) is 62.1 Å². The lowest BCUT2D eigenvalue weighted by Gasteiger charge is -2.15. The van der Waals surface area contributed by atoms with E-state index in [9.17, 15) is 9.18 Å². The minimum absolute atomic E-state index is 0.0763. The third-order valence-corrected chi connectivity index (χ3v) is 6.00. The molecule has 1 atom stereocenters. The standard InChI is InChI=1S/C29H33FO4/c1-4-5-6-8-23-16-21(11-13-26(23)27-18-24(33-3)12-14-28(27)30)19-34-25-10-7-9-22(17-25)20(2)15-29(31)32/h7,9-14,16-18,20H,4-6,8,15,19H2,1-3H3,(H,31,32). The molecule has 5 heteroatoms.